The maximum atomic E-state index is 12.5. The van der Waals surface area contributed by atoms with E-state index in [0.29, 0.717) is 11.3 Å². The first-order valence-corrected chi connectivity index (χ1v) is 11.3. The average Bonchev–Trinajstić information content (AvgIpc) is 2.78. The van der Waals surface area contributed by atoms with Crippen molar-refractivity contribution < 1.29 is 17.4 Å². The zero-order chi connectivity index (χ0) is 23.1. The molecule has 0 bridgehead atoms. The Balaban J connectivity index is 1.78. The summed E-state index contributed by atoms with van der Waals surface area (Å²) in [7, 11) is -4.01. The lowest BCUT2D eigenvalue weighted by atomic mass is 10.1. The molecule has 3 aromatic carbocycles. The van der Waals surface area contributed by atoms with Crippen LogP contribution in [0, 0.1) is 18.3 Å². The van der Waals surface area contributed by atoms with Crippen LogP contribution >= 0.6 is 0 Å². The van der Waals surface area contributed by atoms with Gasteiger partial charge < -0.3 is 9.50 Å². The van der Waals surface area contributed by atoms with Crippen molar-refractivity contribution in [3.05, 3.63) is 95.1 Å². The van der Waals surface area contributed by atoms with Gasteiger partial charge in [-0.1, -0.05) is 48.9 Å². The normalized spacial score (nSPS) is 11.5. The van der Waals surface area contributed by atoms with Crippen LogP contribution in [0.25, 0.3) is 6.08 Å². The minimum absolute atomic E-state index is 0.0372. The van der Waals surface area contributed by atoms with Crippen LogP contribution in [0.1, 0.15) is 23.6 Å². The Morgan fingerprint density at radius 1 is 1.06 bits per heavy atom. The number of hydrogen-bond acceptors (Lipinski definition) is 5. The van der Waals surface area contributed by atoms with Crippen molar-refractivity contribution in [1.82, 2.24) is 0 Å². The second-order valence-corrected chi connectivity index (χ2v) is 8.64. The molecule has 0 radical (unpaired) electrons. The van der Waals surface area contributed by atoms with Crippen LogP contribution in [0.5, 0.6) is 5.75 Å². The van der Waals surface area contributed by atoms with Gasteiger partial charge in [-0.05, 0) is 66.9 Å². The predicted molar refractivity (Wildman–Crippen MR) is 123 cm³/mol. The summed E-state index contributed by atoms with van der Waals surface area (Å²) >= 11 is 0. The molecule has 3 rings (SSSR count). The predicted octanol–water partition coefficient (Wildman–Crippen LogP) is 4.87. The van der Waals surface area contributed by atoms with Crippen molar-refractivity contribution in [3.63, 3.8) is 0 Å². The summed E-state index contributed by atoms with van der Waals surface area (Å²) in [5.41, 5.74) is 2.98. The SMILES string of the molecule is CCc1ccc(NC(=O)/C(C#N)=C\c2cccc(OS(=O)(=O)c3ccc(C)cc3)c2)cc1. The minimum atomic E-state index is -4.01. The van der Waals surface area contributed by atoms with Gasteiger partial charge in [-0.15, -0.1) is 0 Å². The monoisotopic (exact) mass is 446 g/mol. The molecule has 0 saturated heterocycles. The van der Waals surface area contributed by atoms with E-state index in [0.717, 1.165) is 17.5 Å². The molecule has 32 heavy (non-hydrogen) atoms. The van der Waals surface area contributed by atoms with E-state index in [9.17, 15) is 18.5 Å². The molecule has 162 valence electrons. The molecule has 6 nitrogen and oxygen atoms in total. The number of rotatable bonds is 7. The molecule has 1 N–H and O–H groups in total. The third-order valence-corrected chi connectivity index (χ3v) is 5.93. The Morgan fingerprint density at radius 2 is 1.75 bits per heavy atom. The molecule has 0 aromatic heterocycles. The van der Waals surface area contributed by atoms with Crippen molar-refractivity contribution in [2.24, 2.45) is 0 Å². The number of anilines is 1. The number of nitriles is 1. The van der Waals surface area contributed by atoms with Gasteiger partial charge in [0.15, 0.2) is 0 Å². The van der Waals surface area contributed by atoms with Gasteiger partial charge in [0.05, 0.1) is 0 Å². The summed E-state index contributed by atoms with van der Waals surface area (Å²) in [6.45, 7) is 3.89. The van der Waals surface area contributed by atoms with E-state index < -0.39 is 16.0 Å². The molecule has 0 aliphatic carbocycles. The number of benzene rings is 3. The number of hydrogen-bond donors (Lipinski definition) is 1. The van der Waals surface area contributed by atoms with Crippen molar-refractivity contribution in [3.8, 4) is 11.8 Å². The van der Waals surface area contributed by atoms with Crippen LogP contribution in [0.4, 0.5) is 5.69 Å². The standard InChI is InChI=1S/C25H22N2O4S/c1-3-19-9-11-22(12-10-19)27-25(28)21(17-26)15-20-5-4-6-23(16-20)31-32(29,30)24-13-7-18(2)8-14-24/h4-16H,3H2,1-2H3,(H,27,28)/b21-15-. The Bertz CT molecular complexity index is 1290. The lowest BCUT2D eigenvalue weighted by molar-refractivity contribution is -0.112. The molecule has 0 atom stereocenters. The third-order valence-electron chi connectivity index (χ3n) is 4.67. The van der Waals surface area contributed by atoms with Crippen LogP contribution in [0.15, 0.2) is 83.3 Å². The van der Waals surface area contributed by atoms with Gasteiger partial charge in [-0.3, -0.25) is 4.79 Å². The maximum Gasteiger partial charge on any atom is 0.339 e. The van der Waals surface area contributed by atoms with E-state index in [1.807, 2.05) is 32.0 Å². The number of aryl methyl sites for hydroxylation is 2. The van der Waals surface area contributed by atoms with Crippen LogP contribution in [0.3, 0.4) is 0 Å². The average molecular weight is 447 g/mol. The first-order valence-electron chi connectivity index (χ1n) is 9.94. The van der Waals surface area contributed by atoms with Crippen molar-refractivity contribution in [2.75, 3.05) is 5.32 Å². The smallest absolute Gasteiger partial charge is 0.339 e. The summed E-state index contributed by atoms with van der Waals surface area (Å²) < 4.78 is 30.2. The fourth-order valence-corrected chi connectivity index (χ4v) is 3.80. The van der Waals surface area contributed by atoms with E-state index in [2.05, 4.69) is 5.32 Å². The summed E-state index contributed by atoms with van der Waals surface area (Å²) in [6, 6.07) is 21.7. The highest BCUT2D eigenvalue weighted by Gasteiger charge is 2.17. The van der Waals surface area contributed by atoms with E-state index in [1.54, 1.807) is 36.4 Å². The van der Waals surface area contributed by atoms with E-state index in [4.69, 9.17) is 4.18 Å². The number of nitrogens with one attached hydrogen (secondary N) is 1. The molecule has 0 heterocycles. The van der Waals surface area contributed by atoms with Crippen LogP contribution < -0.4 is 9.50 Å². The van der Waals surface area contributed by atoms with E-state index >= 15 is 0 Å². The fourth-order valence-electron chi connectivity index (χ4n) is 2.87. The molecule has 1 amide bonds. The first-order chi connectivity index (χ1) is 15.3. The van der Waals surface area contributed by atoms with Crippen molar-refractivity contribution in [2.45, 2.75) is 25.2 Å². The van der Waals surface area contributed by atoms with Gasteiger partial charge in [-0.2, -0.15) is 13.7 Å². The molecule has 0 fully saturated rings. The van der Waals surface area contributed by atoms with Gasteiger partial charge in [0.1, 0.15) is 22.3 Å². The number of carbonyl (C=O) groups is 1. The quantitative estimate of drug-likeness (QED) is 0.317. The van der Waals surface area contributed by atoms with Crippen LogP contribution in [-0.2, 0) is 21.3 Å². The van der Waals surface area contributed by atoms with Crippen molar-refractivity contribution >= 4 is 27.8 Å². The number of amides is 1. The molecule has 7 heteroatoms. The van der Waals surface area contributed by atoms with Crippen LogP contribution in [0.2, 0.25) is 0 Å². The highest BCUT2D eigenvalue weighted by molar-refractivity contribution is 7.87. The zero-order valence-corrected chi connectivity index (χ0v) is 18.5. The first kappa shape index (κ1) is 22.8. The molecule has 0 unspecified atom stereocenters. The molecule has 0 aliphatic heterocycles. The third kappa shape index (κ3) is 5.84. The van der Waals surface area contributed by atoms with Gasteiger partial charge in [0, 0.05) is 5.69 Å². The zero-order valence-electron chi connectivity index (χ0n) is 17.7. The minimum Gasteiger partial charge on any atom is -0.379 e. The summed E-state index contributed by atoms with van der Waals surface area (Å²) in [5, 5.41) is 12.1. The Morgan fingerprint density at radius 3 is 2.38 bits per heavy atom. The highest BCUT2D eigenvalue weighted by atomic mass is 32.2. The molecule has 0 spiro atoms. The van der Waals surface area contributed by atoms with Gasteiger partial charge in [-0.25, -0.2) is 0 Å². The molecular weight excluding hydrogens is 424 g/mol. The number of carbonyl (C=O) groups excluding carboxylic acids is 1. The summed E-state index contributed by atoms with van der Waals surface area (Å²) in [5.74, 6) is -0.484. The summed E-state index contributed by atoms with van der Waals surface area (Å²) in [4.78, 5) is 12.5. The van der Waals surface area contributed by atoms with Gasteiger partial charge in [0.25, 0.3) is 5.91 Å². The molecular formula is C25H22N2O4S. The maximum absolute atomic E-state index is 12.5. The summed E-state index contributed by atoms with van der Waals surface area (Å²) in [6.07, 6.45) is 2.26. The molecule has 0 aliphatic rings. The highest BCUT2D eigenvalue weighted by Crippen LogP contribution is 2.22. The second-order valence-electron chi connectivity index (χ2n) is 7.10. The Hall–Kier alpha value is -3.89. The van der Waals surface area contributed by atoms with Crippen molar-refractivity contribution in [1.29, 1.82) is 5.26 Å². The van der Waals surface area contributed by atoms with Gasteiger partial charge in [0.2, 0.25) is 0 Å². The second kappa shape index (κ2) is 9.94. The van der Waals surface area contributed by atoms with Gasteiger partial charge >= 0.3 is 10.1 Å². The largest absolute Gasteiger partial charge is 0.379 e. The lowest BCUT2D eigenvalue weighted by Gasteiger charge is -2.08. The lowest BCUT2D eigenvalue weighted by Crippen LogP contribution is -2.13. The van der Waals surface area contributed by atoms with Crippen LogP contribution in [-0.4, -0.2) is 14.3 Å². The molecule has 0 saturated carbocycles. The molecule has 3 aromatic rings. The topological polar surface area (TPSA) is 96.3 Å². The Labute approximate surface area is 187 Å². The Kier molecular flexibility index (Phi) is 7.08. The van der Waals surface area contributed by atoms with E-state index in [-0.39, 0.29) is 16.2 Å². The fraction of sp³-hybridized carbons (Fsp3) is 0.120. The number of nitrogens with zero attached hydrogens (tertiary/aromatic N) is 1. The van der Waals surface area contributed by atoms with E-state index in [1.165, 1.54) is 30.3 Å².